The summed E-state index contributed by atoms with van der Waals surface area (Å²) in [6, 6.07) is 1.55. The molecule has 2 unspecified atom stereocenters. The van der Waals surface area contributed by atoms with E-state index in [0.29, 0.717) is 17.4 Å². The summed E-state index contributed by atoms with van der Waals surface area (Å²) in [4.78, 5) is 0.214. The van der Waals surface area contributed by atoms with Gasteiger partial charge in [-0.2, -0.15) is 0 Å². The molecule has 1 fully saturated rings. The molecule has 0 aliphatic heterocycles. The fourth-order valence-electron chi connectivity index (χ4n) is 2.72. The lowest BCUT2D eigenvalue weighted by molar-refractivity contribution is 0.327. The fourth-order valence-corrected chi connectivity index (χ4v) is 4.20. The van der Waals surface area contributed by atoms with Crippen LogP contribution in [0.5, 0.6) is 0 Å². The predicted molar refractivity (Wildman–Crippen MR) is 73.1 cm³/mol. The first-order valence-corrected chi connectivity index (χ1v) is 8.22. The van der Waals surface area contributed by atoms with E-state index in [9.17, 15) is 8.42 Å². The molecule has 0 aromatic carbocycles. The maximum Gasteiger partial charge on any atom is 0.244 e. The molecule has 0 radical (unpaired) electrons. The number of aryl methyl sites for hydroxylation is 1. The van der Waals surface area contributed by atoms with Crippen molar-refractivity contribution in [2.75, 3.05) is 0 Å². The van der Waals surface area contributed by atoms with Crippen LogP contribution in [-0.4, -0.2) is 14.5 Å². The standard InChI is InChI=1S/C13H22N2O3S/c1-9-4-3-5-11(6-9)15-19(16,17)13-7-12(8-14)18-10(13)2/h7,9,11,15H,3-6,8,14H2,1-2H3. The molecule has 6 heteroatoms. The van der Waals surface area contributed by atoms with Crippen molar-refractivity contribution in [3.05, 3.63) is 17.6 Å². The van der Waals surface area contributed by atoms with Crippen LogP contribution in [0.2, 0.25) is 0 Å². The zero-order valence-electron chi connectivity index (χ0n) is 11.5. The van der Waals surface area contributed by atoms with E-state index >= 15 is 0 Å². The van der Waals surface area contributed by atoms with Crippen molar-refractivity contribution in [2.24, 2.45) is 11.7 Å². The van der Waals surface area contributed by atoms with E-state index in [0.717, 1.165) is 19.3 Å². The van der Waals surface area contributed by atoms with Crippen molar-refractivity contribution < 1.29 is 12.8 Å². The Balaban J connectivity index is 2.15. The number of furan rings is 1. The minimum absolute atomic E-state index is 0.0318. The van der Waals surface area contributed by atoms with Gasteiger partial charge in [-0.3, -0.25) is 0 Å². The normalized spacial score (nSPS) is 24.6. The van der Waals surface area contributed by atoms with Gasteiger partial charge in [0.05, 0.1) is 6.54 Å². The summed E-state index contributed by atoms with van der Waals surface area (Å²) < 4.78 is 32.8. The van der Waals surface area contributed by atoms with Crippen molar-refractivity contribution in [3.8, 4) is 0 Å². The number of nitrogens with two attached hydrogens (primary N) is 1. The highest BCUT2D eigenvalue weighted by atomic mass is 32.2. The third-order valence-electron chi connectivity index (χ3n) is 3.67. The second-order valence-corrected chi connectivity index (χ2v) is 7.11. The summed E-state index contributed by atoms with van der Waals surface area (Å²) in [6.07, 6.45) is 4.07. The first-order chi connectivity index (χ1) is 8.92. The Bertz CT molecular complexity index is 536. The highest BCUT2D eigenvalue weighted by Crippen LogP contribution is 2.26. The predicted octanol–water partition coefficient (Wildman–Crippen LogP) is 1.90. The average Bonchev–Trinajstić information content (AvgIpc) is 2.71. The van der Waals surface area contributed by atoms with Gasteiger partial charge in [0.2, 0.25) is 10.0 Å². The molecule has 0 bridgehead atoms. The van der Waals surface area contributed by atoms with Gasteiger partial charge in [0.15, 0.2) is 0 Å². The number of rotatable bonds is 4. The molecular formula is C13H22N2O3S. The molecule has 1 aliphatic carbocycles. The monoisotopic (exact) mass is 286 g/mol. The molecule has 1 aliphatic rings. The highest BCUT2D eigenvalue weighted by molar-refractivity contribution is 7.89. The number of hydrogen-bond donors (Lipinski definition) is 2. The molecule has 0 amide bonds. The topological polar surface area (TPSA) is 85.3 Å². The van der Waals surface area contributed by atoms with E-state index in [-0.39, 0.29) is 17.5 Å². The van der Waals surface area contributed by atoms with E-state index in [1.807, 2.05) is 0 Å². The molecule has 0 saturated heterocycles. The Kier molecular flexibility index (Phi) is 4.32. The minimum atomic E-state index is -3.50. The Hall–Kier alpha value is -0.850. The highest BCUT2D eigenvalue weighted by Gasteiger charge is 2.27. The van der Waals surface area contributed by atoms with Gasteiger partial charge in [-0.15, -0.1) is 0 Å². The lowest BCUT2D eigenvalue weighted by atomic mass is 9.88. The van der Waals surface area contributed by atoms with E-state index in [1.54, 1.807) is 6.92 Å². The molecule has 108 valence electrons. The third-order valence-corrected chi connectivity index (χ3v) is 5.30. The molecule has 3 N–H and O–H groups in total. The van der Waals surface area contributed by atoms with Crippen LogP contribution in [0.1, 0.15) is 44.1 Å². The quantitative estimate of drug-likeness (QED) is 0.885. The van der Waals surface area contributed by atoms with Crippen LogP contribution >= 0.6 is 0 Å². The smallest absolute Gasteiger partial charge is 0.244 e. The van der Waals surface area contributed by atoms with Crippen molar-refractivity contribution in [1.29, 1.82) is 0 Å². The van der Waals surface area contributed by atoms with Gasteiger partial charge >= 0.3 is 0 Å². The summed E-state index contributed by atoms with van der Waals surface area (Å²) in [6.45, 7) is 4.02. The molecule has 1 heterocycles. The second-order valence-electron chi connectivity index (χ2n) is 5.43. The Labute approximate surface area is 114 Å². The van der Waals surface area contributed by atoms with Crippen molar-refractivity contribution in [3.63, 3.8) is 0 Å². The van der Waals surface area contributed by atoms with Crippen LogP contribution in [0.3, 0.4) is 0 Å². The summed E-state index contributed by atoms with van der Waals surface area (Å²) in [5, 5.41) is 0. The summed E-state index contributed by atoms with van der Waals surface area (Å²) in [5.41, 5.74) is 5.47. The van der Waals surface area contributed by atoms with E-state index in [2.05, 4.69) is 11.6 Å². The second kappa shape index (κ2) is 5.64. The Morgan fingerprint density at radius 1 is 1.47 bits per heavy atom. The molecular weight excluding hydrogens is 264 g/mol. The molecule has 5 nitrogen and oxygen atoms in total. The first kappa shape index (κ1) is 14.6. The first-order valence-electron chi connectivity index (χ1n) is 6.74. The van der Waals surface area contributed by atoms with Crippen LogP contribution in [0.4, 0.5) is 0 Å². The molecule has 0 spiro atoms. The SMILES string of the molecule is Cc1oc(CN)cc1S(=O)(=O)NC1CCCC(C)C1. The van der Waals surface area contributed by atoms with Gasteiger partial charge < -0.3 is 10.2 Å². The van der Waals surface area contributed by atoms with E-state index in [1.165, 1.54) is 12.5 Å². The van der Waals surface area contributed by atoms with Crippen LogP contribution in [0, 0.1) is 12.8 Å². The summed E-state index contributed by atoms with van der Waals surface area (Å²) >= 11 is 0. The lowest BCUT2D eigenvalue weighted by Gasteiger charge is -2.27. The van der Waals surface area contributed by atoms with Gasteiger partial charge in [0.1, 0.15) is 16.4 Å². The molecule has 1 aromatic rings. The van der Waals surface area contributed by atoms with Gasteiger partial charge in [-0.05, 0) is 25.7 Å². The molecule has 2 rings (SSSR count). The number of nitrogens with one attached hydrogen (secondary N) is 1. The van der Waals surface area contributed by atoms with Crippen molar-refractivity contribution in [1.82, 2.24) is 4.72 Å². The van der Waals surface area contributed by atoms with Crippen molar-refractivity contribution in [2.45, 2.75) is 57.0 Å². The largest absolute Gasteiger partial charge is 0.464 e. The van der Waals surface area contributed by atoms with Gasteiger partial charge in [-0.1, -0.05) is 19.8 Å². The number of hydrogen-bond acceptors (Lipinski definition) is 4. The van der Waals surface area contributed by atoms with Crippen LogP contribution in [0.25, 0.3) is 0 Å². The third kappa shape index (κ3) is 3.38. The summed E-state index contributed by atoms with van der Waals surface area (Å²) in [5.74, 6) is 1.47. The van der Waals surface area contributed by atoms with Crippen LogP contribution < -0.4 is 10.5 Å². The zero-order valence-corrected chi connectivity index (χ0v) is 12.3. The molecule has 2 atom stereocenters. The van der Waals surface area contributed by atoms with Crippen LogP contribution in [-0.2, 0) is 16.6 Å². The number of sulfonamides is 1. The van der Waals surface area contributed by atoms with Gasteiger partial charge in [0, 0.05) is 12.1 Å². The maximum atomic E-state index is 12.3. The summed E-state index contributed by atoms with van der Waals surface area (Å²) in [7, 11) is -3.50. The molecule has 1 saturated carbocycles. The lowest BCUT2D eigenvalue weighted by Crippen LogP contribution is -2.38. The van der Waals surface area contributed by atoms with E-state index < -0.39 is 10.0 Å². The van der Waals surface area contributed by atoms with Gasteiger partial charge in [-0.25, -0.2) is 13.1 Å². The zero-order chi connectivity index (χ0) is 14.0. The van der Waals surface area contributed by atoms with Crippen molar-refractivity contribution >= 4 is 10.0 Å². The minimum Gasteiger partial charge on any atom is -0.464 e. The van der Waals surface area contributed by atoms with E-state index in [4.69, 9.17) is 10.2 Å². The molecule has 19 heavy (non-hydrogen) atoms. The fraction of sp³-hybridized carbons (Fsp3) is 0.692. The van der Waals surface area contributed by atoms with Crippen LogP contribution in [0.15, 0.2) is 15.4 Å². The van der Waals surface area contributed by atoms with Gasteiger partial charge in [0.25, 0.3) is 0 Å². The maximum absolute atomic E-state index is 12.3. The average molecular weight is 286 g/mol. The molecule has 1 aromatic heterocycles. The Morgan fingerprint density at radius 3 is 2.79 bits per heavy atom. The Morgan fingerprint density at radius 2 is 2.21 bits per heavy atom.